The van der Waals surface area contributed by atoms with Crippen molar-refractivity contribution >= 4 is 21.6 Å². The minimum Gasteiger partial charge on any atom is -0.392 e. The molecule has 1 fully saturated rings. The minimum absolute atomic E-state index is 0.00705. The number of aliphatic hydroxyl groups is 1. The summed E-state index contributed by atoms with van der Waals surface area (Å²) in [6, 6.07) is 4.26. The van der Waals surface area contributed by atoms with E-state index in [0.29, 0.717) is 12.0 Å². The molecule has 1 saturated carbocycles. The number of nitrogens with one attached hydrogen (secondary N) is 1. The Morgan fingerprint density at radius 1 is 1.48 bits per heavy atom. The van der Waals surface area contributed by atoms with Crippen molar-refractivity contribution in [3.05, 3.63) is 28.8 Å². The average Bonchev–Trinajstić information content (AvgIpc) is 2.43. The summed E-state index contributed by atoms with van der Waals surface area (Å²) in [5.74, 6) is 0. The fourth-order valence-corrected chi connectivity index (χ4v) is 4.54. The van der Waals surface area contributed by atoms with Crippen molar-refractivity contribution < 1.29 is 18.3 Å². The van der Waals surface area contributed by atoms with Crippen LogP contribution < -0.4 is 4.72 Å². The molecule has 0 radical (unpaired) electrons. The van der Waals surface area contributed by atoms with Crippen LogP contribution in [0.1, 0.15) is 25.8 Å². The van der Waals surface area contributed by atoms with Gasteiger partial charge in [-0.1, -0.05) is 31.5 Å². The number of hydrogen-bond donors (Lipinski definition) is 2. The number of hydrogen-bond acceptors (Lipinski definition) is 4. The van der Waals surface area contributed by atoms with Gasteiger partial charge in [0.1, 0.15) is 4.90 Å². The molecule has 2 rings (SSSR count). The zero-order valence-corrected chi connectivity index (χ0v) is 13.8. The molecular weight excluding hydrogens is 314 g/mol. The maximum Gasteiger partial charge on any atom is 0.242 e. The average molecular weight is 334 g/mol. The summed E-state index contributed by atoms with van der Waals surface area (Å²) in [5, 5.41) is 9.27. The molecule has 0 spiro atoms. The van der Waals surface area contributed by atoms with Crippen LogP contribution in [-0.4, -0.2) is 32.8 Å². The zero-order chi connectivity index (χ0) is 15.8. The van der Waals surface area contributed by atoms with Crippen molar-refractivity contribution in [3.8, 4) is 0 Å². The van der Waals surface area contributed by atoms with Crippen LogP contribution in [0.3, 0.4) is 0 Å². The summed E-state index contributed by atoms with van der Waals surface area (Å²) < 4.78 is 33.0. The van der Waals surface area contributed by atoms with Crippen LogP contribution in [0.15, 0.2) is 23.1 Å². The summed E-state index contributed by atoms with van der Waals surface area (Å²) in [5.41, 5.74) is 0.227. The van der Waals surface area contributed by atoms with Gasteiger partial charge >= 0.3 is 0 Å². The Morgan fingerprint density at radius 3 is 2.67 bits per heavy atom. The molecule has 1 aromatic rings. The van der Waals surface area contributed by atoms with Gasteiger partial charge in [-0.05, 0) is 24.1 Å². The first-order valence-corrected chi connectivity index (χ1v) is 8.53. The maximum absolute atomic E-state index is 12.5. The molecule has 1 aliphatic rings. The first-order valence-electron chi connectivity index (χ1n) is 6.66. The molecule has 2 unspecified atom stereocenters. The fourth-order valence-electron chi connectivity index (χ4n) is 2.59. The Hall–Kier alpha value is -0.660. The second-order valence-corrected chi connectivity index (χ2v) is 7.97. The van der Waals surface area contributed by atoms with Crippen molar-refractivity contribution in [2.45, 2.75) is 43.9 Å². The van der Waals surface area contributed by atoms with Crippen LogP contribution in [0.25, 0.3) is 0 Å². The number of aliphatic hydroxyl groups excluding tert-OH is 1. The van der Waals surface area contributed by atoms with Gasteiger partial charge in [-0.25, -0.2) is 13.1 Å². The third-order valence-corrected chi connectivity index (χ3v) is 6.18. The molecule has 2 N–H and O–H groups in total. The minimum atomic E-state index is -3.73. The van der Waals surface area contributed by atoms with Crippen LogP contribution in [0.2, 0.25) is 5.02 Å². The molecule has 0 amide bonds. The number of rotatable bonds is 5. The Morgan fingerprint density at radius 2 is 2.14 bits per heavy atom. The summed E-state index contributed by atoms with van der Waals surface area (Å²) in [6.07, 6.45) is 0.657. The molecule has 7 heteroatoms. The molecule has 0 aliphatic heterocycles. The molecule has 0 aromatic heterocycles. The van der Waals surface area contributed by atoms with E-state index in [1.54, 1.807) is 13.2 Å². The van der Waals surface area contributed by atoms with E-state index in [9.17, 15) is 8.42 Å². The molecule has 0 bridgehead atoms. The quantitative estimate of drug-likeness (QED) is 0.863. The third kappa shape index (κ3) is 3.10. The molecule has 2 atom stereocenters. The van der Waals surface area contributed by atoms with Crippen LogP contribution in [-0.2, 0) is 21.4 Å². The largest absolute Gasteiger partial charge is 0.392 e. The Bertz CT molecular complexity index is 630. The van der Waals surface area contributed by atoms with Crippen molar-refractivity contribution in [2.75, 3.05) is 7.11 Å². The second kappa shape index (κ2) is 5.85. The van der Waals surface area contributed by atoms with E-state index in [4.69, 9.17) is 21.4 Å². The topological polar surface area (TPSA) is 75.6 Å². The first kappa shape index (κ1) is 16.7. The lowest BCUT2D eigenvalue weighted by Gasteiger charge is -2.50. The summed E-state index contributed by atoms with van der Waals surface area (Å²) in [4.78, 5) is -0.00705. The number of halogens is 1. The Labute approximate surface area is 130 Å². The molecule has 1 aliphatic carbocycles. The predicted molar refractivity (Wildman–Crippen MR) is 80.7 cm³/mol. The second-order valence-electron chi connectivity index (χ2n) is 5.88. The van der Waals surface area contributed by atoms with E-state index < -0.39 is 10.0 Å². The standard InChI is InChI=1S/C14H20ClNO4S/c1-14(2)12(7-13(14)20-3)16-21(18,19)11-6-9(8-17)4-5-10(11)15/h4-6,12-13,16-17H,7-8H2,1-3H3. The van der Waals surface area contributed by atoms with E-state index in [2.05, 4.69) is 4.72 Å². The molecular formula is C14H20ClNO4S. The van der Waals surface area contributed by atoms with Gasteiger partial charge < -0.3 is 9.84 Å². The lowest BCUT2D eigenvalue weighted by Crippen LogP contribution is -2.61. The molecule has 21 heavy (non-hydrogen) atoms. The molecule has 118 valence electrons. The van der Waals surface area contributed by atoms with Gasteiger partial charge in [0.2, 0.25) is 10.0 Å². The normalized spacial score (nSPS) is 24.6. The fraction of sp³-hybridized carbons (Fsp3) is 0.571. The highest BCUT2D eigenvalue weighted by molar-refractivity contribution is 7.89. The number of benzene rings is 1. The van der Waals surface area contributed by atoms with Gasteiger partial charge in [-0.15, -0.1) is 0 Å². The SMILES string of the molecule is COC1CC(NS(=O)(=O)c2cc(CO)ccc2Cl)C1(C)C. The lowest BCUT2D eigenvalue weighted by atomic mass is 9.65. The van der Waals surface area contributed by atoms with Gasteiger partial charge in [0.05, 0.1) is 17.7 Å². The van der Waals surface area contributed by atoms with E-state index in [0.717, 1.165) is 0 Å². The highest BCUT2D eigenvalue weighted by Gasteiger charge is 2.50. The highest BCUT2D eigenvalue weighted by atomic mass is 35.5. The molecule has 0 saturated heterocycles. The van der Waals surface area contributed by atoms with Crippen molar-refractivity contribution in [3.63, 3.8) is 0 Å². The van der Waals surface area contributed by atoms with Gasteiger partial charge in [0, 0.05) is 18.6 Å². The van der Waals surface area contributed by atoms with Crippen molar-refractivity contribution in [1.29, 1.82) is 0 Å². The van der Waals surface area contributed by atoms with Gasteiger partial charge in [0.25, 0.3) is 0 Å². The van der Waals surface area contributed by atoms with Crippen LogP contribution in [0.5, 0.6) is 0 Å². The third-order valence-electron chi connectivity index (χ3n) is 4.23. The highest BCUT2D eigenvalue weighted by Crippen LogP contribution is 2.43. The predicted octanol–water partition coefficient (Wildman–Crippen LogP) is 1.92. The van der Waals surface area contributed by atoms with Crippen molar-refractivity contribution in [1.82, 2.24) is 4.72 Å². The molecule has 1 aromatic carbocycles. The van der Waals surface area contributed by atoms with Gasteiger partial charge in [-0.3, -0.25) is 0 Å². The zero-order valence-electron chi connectivity index (χ0n) is 12.3. The van der Waals surface area contributed by atoms with Crippen molar-refractivity contribution in [2.24, 2.45) is 5.41 Å². The van der Waals surface area contributed by atoms with Gasteiger partial charge in [-0.2, -0.15) is 0 Å². The summed E-state index contributed by atoms with van der Waals surface area (Å²) >= 11 is 5.98. The van der Waals surface area contributed by atoms with Crippen LogP contribution >= 0.6 is 11.6 Å². The Kier molecular flexibility index (Phi) is 4.66. The molecule has 0 heterocycles. The van der Waals surface area contributed by atoms with E-state index in [1.165, 1.54) is 12.1 Å². The summed E-state index contributed by atoms with van der Waals surface area (Å²) in [7, 11) is -2.11. The first-order chi connectivity index (χ1) is 9.72. The number of ether oxygens (including phenoxy) is 1. The monoisotopic (exact) mass is 333 g/mol. The Balaban J connectivity index is 2.24. The van der Waals surface area contributed by atoms with E-state index in [-0.39, 0.29) is 34.1 Å². The smallest absolute Gasteiger partial charge is 0.242 e. The number of sulfonamides is 1. The lowest BCUT2D eigenvalue weighted by molar-refractivity contribution is -0.0908. The molecule has 5 nitrogen and oxygen atoms in total. The maximum atomic E-state index is 12.5. The number of methoxy groups -OCH3 is 1. The van der Waals surface area contributed by atoms with E-state index >= 15 is 0 Å². The van der Waals surface area contributed by atoms with E-state index in [1.807, 2.05) is 13.8 Å². The van der Waals surface area contributed by atoms with Gasteiger partial charge in [0.15, 0.2) is 0 Å². The van der Waals surface area contributed by atoms with Crippen LogP contribution in [0, 0.1) is 5.41 Å². The van der Waals surface area contributed by atoms with Crippen LogP contribution in [0.4, 0.5) is 0 Å². The summed E-state index contributed by atoms with van der Waals surface area (Å²) in [6.45, 7) is 3.69.